The van der Waals surface area contributed by atoms with Gasteiger partial charge in [0.15, 0.2) is 0 Å². The van der Waals surface area contributed by atoms with Crippen molar-refractivity contribution in [1.29, 1.82) is 0 Å². The van der Waals surface area contributed by atoms with Crippen molar-refractivity contribution in [2.24, 2.45) is 0 Å². The van der Waals surface area contributed by atoms with E-state index in [-0.39, 0.29) is 6.04 Å². The van der Waals surface area contributed by atoms with Crippen molar-refractivity contribution < 1.29 is 4.74 Å². The number of hydrogen-bond acceptors (Lipinski definition) is 4. The lowest BCUT2D eigenvalue weighted by Crippen LogP contribution is -2.31. The van der Waals surface area contributed by atoms with Crippen molar-refractivity contribution in [3.63, 3.8) is 0 Å². The summed E-state index contributed by atoms with van der Waals surface area (Å²) >= 11 is 0. The Balaban J connectivity index is 1.86. The molecule has 0 saturated carbocycles. The summed E-state index contributed by atoms with van der Waals surface area (Å²) in [7, 11) is 0. The number of nitrogens with zero attached hydrogens (tertiary/aromatic N) is 3. The average Bonchev–Trinajstić information content (AvgIpc) is 2.96. The largest absolute Gasteiger partial charge is 0.366 e. The van der Waals surface area contributed by atoms with Crippen LogP contribution in [0.5, 0.6) is 0 Å². The number of fused-ring (bicyclic) bond motifs is 1. The van der Waals surface area contributed by atoms with E-state index in [1.807, 2.05) is 23.1 Å². The third-order valence-electron chi connectivity index (χ3n) is 4.10. The highest BCUT2D eigenvalue weighted by Crippen LogP contribution is 2.28. The van der Waals surface area contributed by atoms with Crippen molar-refractivity contribution >= 4 is 10.9 Å². The fourth-order valence-electron chi connectivity index (χ4n) is 2.90. The molecule has 3 heterocycles. The summed E-state index contributed by atoms with van der Waals surface area (Å²) in [4.78, 5) is 4.27. The van der Waals surface area contributed by atoms with Crippen LogP contribution in [0.25, 0.3) is 16.6 Å². The summed E-state index contributed by atoms with van der Waals surface area (Å²) in [5.74, 6) is 0. The Hall–Kier alpha value is -2.24. The van der Waals surface area contributed by atoms with Gasteiger partial charge in [-0.05, 0) is 31.5 Å². The number of aryl methyl sites for hydroxylation is 1. The van der Waals surface area contributed by atoms with Gasteiger partial charge in [0, 0.05) is 11.6 Å². The minimum atomic E-state index is 0.227. The molecular formula is C17H18N4O. The van der Waals surface area contributed by atoms with Gasteiger partial charge in [0.1, 0.15) is 0 Å². The quantitative estimate of drug-likeness (QED) is 0.789. The number of aromatic nitrogens is 3. The number of ether oxygens (including phenoxy) is 1. The molecule has 1 aromatic carbocycles. The molecule has 0 aliphatic carbocycles. The molecule has 1 fully saturated rings. The molecule has 22 heavy (non-hydrogen) atoms. The normalized spacial score (nSPS) is 18.7. The third-order valence-corrected chi connectivity index (χ3v) is 4.10. The highest BCUT2D eigenvalue weighted by atomic mass is 16.5. The van der Waals surface area contributed by atoms with Crippen LogP contribution in [-0.4, -0.2) is 28.1 Å². The SMILES string of the molecule is Cc1ccc(-n2nc(C3CCOCN3)c3ccncc32)cc1. The molecule has 112 valence electrons. The molecule has 0 radical (unpaired) electrons. The molecule has 1 atom stereocenters. The van der Waals surface area contributed by atoms with Gasteiger partial charge < -0.3 is 4.74 Å². The maximum absolute atomic E-state index is 5.38. The van der Waals surface area contributed by atoms with E-state index in [0.29, 0.717) is 6.73 Å². The molecule has 1 aliphatic heterocycles. The molecule has 4 rings (SSSR count). The number of nitrogens with one attached hydrogen (secondary N) is 1. The van der Waals surface area contributed by atoms with Crippen LogP contribution in [0.1, 0.15) is 23.7 Å². The van der Waals surface area contributed by atoms with Crippen LogP contribution in [0.4, 0.5) is 0 Å². The molecule has 2 aromatic heterocycles. The smallest absolute Gasteiger partial charge is 0.0970 e. The summed E-state index contributed by atoms with van der Waals surface area (Å²) in [5, 5.41) is 9.40. The van der Waals surface area contributed by atoms with Crippen LogP contribution < -0.4 is 5.32 Å². The molecule has 0 bridgehead atoms. The second kappa shape index (κ2) is 5.51. The fourth-order valence-corrected chi connectivity index (χ4v) is 2.90. The molecule has 3 aromatic rings. The Morgan fingerprint density at radius 1 is 1.23 bits per heavy atom. The average molecular weight is 294 g/mol. The van der Waals surface area contributed by atoms with Crippen molar-refractivity contribution in [3.8, 4) is 5.69 Å². The number of hydrogen-bond donors (Lipinski definition) is 1. The maximum Gasteiger partial charge on any atom is 0.0970 e. The van der Waals surface area contributed by atoms with Gasteiger partial charge in [-0.2, -0.15) is 5.10 Å². The summed E-state index contributed by atoms with van der Waals surface area (Å²) < 4.78 is 7.36. The van der Waals surface area contributed by atoms with Crippen LogP contribution in [0, 0.1) is 6.92 Å². The van der Waals surface area contributed by atoms with Gasteiger partial charge in [0.25, 0.3) is 0 Å². The van der Waals surface area contributed by atoms with Gasteiger partial charge >= 0.3 is 0 Å². The van der Waals surface area contributed by atoms with Crippen LogP contribution >= 0.6 is 0 Å². The maximum atomic E-state index is 5.38. The predicted octanol–water partition coefficient (Wildman–Crippen LogP) is 2.74. The van der Waals surface area contributed by atoms with Gasteiger partial charge in [-0.1, -0.05) is 17.7 Å². The fraction of sp³-hybridized carbons (Fsp3) is 0.294. The topological polar surface area (TPSA) is 52.0 Å². The van der Waals surface area contributed by atoms with Crippen molar-refractivity contribution in [2.45, 2.75) is 19.4 Å². The molecule has 5 nitrogen and oxygen atoms in total. The Morgan fingerprint density at radius 2 is 2.09 bits per heavy atom. The Morgan fingerprint density at radius 3 is 2.86 bits per heavy atom. The van der Waals surface area contributed by atoms with Gasteiger partial charge in [-0.25, -0.2) is 4.68 Å². The second-order valence-electron chi connectivity index (χ2n) is 5.62. The Kier molecular flexibility index (Phi) is 3.36. The third kappa shape index (κ3) is 2.28. The lowest BCUT2D eigenvalue weighted by molar-refractivity contribution is 0.0605. The van der Waals surface area contributed by atoms with Crippen LogP contribution in [0.15, 0.2) is 42.7 Å². The van der Waals surface area contributed by atoms with Gasteiger partial charge in [-0.15, -0.1) is 0 Å². The monoisotopic (exact) mass is 294 g/mol. The molecule has 1 aliphatic rings. The lowest BCUT2D eigenvalue weighted by Gasteiger charge is -2.22. The zero-order valence-electron chi connectivity index (χ0n) is 12.5. The first-order valence-electron chi connectivity index (χ1n) is 7.54. The van der Waals surface area contributed by atoms with Crippen LogP contribution in [-0.2, 0) is 4.74 Å². The van der Waals surface area contributed by atoms with Crippen LogP contribution in [0.3, 0.4) is 0 Å². The highest BCUT2D eigenvalue weighted by Gasteiger charge is 2.22. The van der Waals surface area contributed by atoms with Crippen molar-refractivity contribution in [3.05, 3.63) is 54.0 Å². The van der Waals surface area contributed by atoms with Crippen molar-refractivity contribution in [2.75, 3.05) is 13.3 Å². The summed E-state index contributed by atoms with van der Waals surface area (Å²) in [6.45, 7) is 3.43. The highest BCUT2D eigenvalue weighted by molar-refractivity contribution is 5.83. The molecule has 5 heteroatoms. The zero-order chi connectivity index (χ0) is 14.9. The molecule has 0 spiro atoms. The first kappa shape index (κ1) is 13.4. The van der Waals surface area contributed by atoms with Gasteiger partial charge in [0.05, 0.1) is 42.5 Å². The van der Waals surface area contributed by atoms with Crippen LogP contribution in [0.2, 0.25) is 0 Å². The van der Waals surface area contributed by atoms with E-state index in [4.69, 9.17) is 9.84 Å². The summed E-state index contributed by atoms with van der Waals surface area (Å²) in [5.41, 5.74) is 4.41. The molecular weight excluding hydrogens is 276 g/mol. The van der Waals surface area contributed by atoms with E-state index in [2.05, 4.69) is 41.5 Å². The summed E-state index contributed by atoms with van der Waals surface area (Å²) in [6, 6.07) is 10.7. The van der Waals surface area contributed by atoms with E-state index in [9.17, 15) is 0 Å². The minimum absolute atomic E-state index is 0.227. The number of rotatable bonds is 2. The van der Waals surface area contributed by atoms with E-state index < -0.39 is 0 Å². The lowest BCUT2D eigenvalue weighted by atomic mass is 10.1. The van der Waals surface area contributed by atoms with E-state index in [1.54, 1.807) is 0 Å². The second-order valence-corrected chi connectivity index (χ2v) is 5.62. The van der Waals surface area contributed by atoms with Crippen molar-refractivity contribution in [1.82, 2.24) is 20.1 Å². The minimum Gasteiger partial charge on any atom is -0.366 e. The first-order valence-corrected chi connectivity index (χ1v) is 7.54. The van der Waals surface area contributed by atoms with E-state index >= 15 is 0 Å². The number of benzene rings is 1. The standard InChI is InChI=1S/C17H18N4O/c1-12-2-4-13(5-3-12)21-16-10-18-8-6-14(16)17(20-21)15-7-9-22-11-19-15/h2-6,8,10,15,19H,7,9,11H2,1H3. The molecule has 1 unspecified atom stereocenters. The Labute approximate surface area is 128 Å². The zero-order valence-corrected chi connectivity index (χ0v) is 12.5. The van der Waals surface area contributed by atoms with E-state index in [0.717, 1.165) is 35.3 Å². The molecule has 0 amide bonds. The number of pyridine rings is 1. The van der Waals surface area contributed by atoms with E-state index in [1.165, 1.54) is 5.56 Å². The van der Waals surface area contributed by atoms with Gasteiger partial charge in [-0.3, -0.25) is 10.3 Å². The van der Waals surface area contributed by atoms with Gasteiger partial charge in [0.2, 0.25) is 0 Å². The summed E-state index contributed by atoms with van der Waals surface area (Å²) in [6.07, 6.45) is 4.64. The predicted molar refractivity (Wildman–Crippen MR) is 84.9 cm³/mol. The Bertz CT molecular complexity index is 788. The first-order chi connectivity index (χ1) is 10.8. The molecule has 1 saturated heterocycles. The molecule has 1 N–H and O–H groups in total.